The second-order valence-electron chi connectivity index (χ2n) is 7.17. The van der Waals surface area contributed by atoms with E-state index in [1.54, 1.807) is 4.90 Å². The van der Waals surface area contributed by atoms with Crippen molar-refractivity contribution in [1.29, 1.82) is 0 Å². The number of hydrogen-bond acceptors (Lipinski definition) is 2. The summed E-state index contributed by atoms with van der Waals surface area (Å²) in [4.78, 5) is 27.0. The Kier molecular flexibility index (Phi) is 5.16. The van der Waals surface area contributed by atoms with E-state index in [1.165, 1.54) is 18.4 Å². The number of anilines is 2. The van der Waals surface area contributed by atoms with Gasteiger partial charge in [-0.25, -0.2) is 4.79 Å². The summed E-state index contributed by atoms with van der Waals surface area (Å²) in [6, 6.07) is 14.8. The van der Waals surface area contributed by atoms with Gasteiger partial charge in [0.05, 0.1) is 0 Å². The van der Waals surface area contributed by atoms with E-state index in [-0.39, 0.29) is 11.9 Å². The summed E-state index contributed by atoms with van der Waals surface area (Å²) in [7, 11) is 0. The van der Waals surface area contributed by atoms with Crippen LogP contribution in [0, 0.1) is 0 Å². The van der Waals surface area contributed by atoms with Crippen LogP contribution in [0.2, 0.25) is 0 Å². The number of carbonyl (C=O) groups excluding carboxylic acids is 2. The molecule has 3 amide bonds. The maximum Gasteiger partial charge on any atom is 0.322 e. The fraction of sp³-hybridized carbons (Fsp3) is 0.333. The lowest BCUT2D eigenvalue weighted by atomic mass is 10.1. The van der Waals surface area contributed by atoms with Crippen LogP contribution >= 0.6 is 15.9 Å². The van der Waals surface area contributed by atoms with Crippen LogP contribution in [0.4, 0.5) is 16.2 Å². The molecule has 27 heavy (non-hydrogen) atoms. The molecule has 2 aliphatic rings. The Morgan fingerprint density at radius 3 is 2.19 bits per heavy atom. The smallest absolute Gasteiger partial charge is 0.322 e. The Hall–Kier alpha value is -2.34. The highest BCUT2D eigenvalue weighted by molar-refractivity contribution is 9.10. The first-order valence-corrected chi connectivity index (χ1v) is 10.1. The number of nitrogens with one attached hydrogen (secondary N) is 2. The topological polar surface area (TPSA) is 61.4 Å². The molecule has 2 aromatic rings. The molecule has 1 saturated carbocycles. The number of hydrogen-bond donors (Lipinski definition) is 2. The minimum absolute atomic E-state index is 0.144. The van der Waals surface area contributed by atoms with Crippen molar-refractivity contribution in [2.24, 2.45) is 0 Å². The molecule has 0 spiro atoms. The quantitative estimate of drug-likeness (QED) is 0.723. The molecule has 1 heterocycles. The average molecular weight is 428 g/mol. The minimum atomic E-state index is -0.445. The van der Waals surface area contributed by atoms with E-state index < -0.39 is 6.04 Å². The zero-order chi connectivity index (χ0) is 18.8. The SMILES string of the molecule is O=C(Nc1ccc(Br)cc1)[C@H]1CCCN1C(=O)Nc1ccc(C2CC2)cc1. The van der Waals surface area contributed by atoms with Crippen LogP contribution in [0.15, 0.2) is 53.0 Å². The molecule has 1 saturated heterocycles. The van der Waals surface area contributed by atoms with Crippen molar-refractivity contribution < 1.29 is 9.59 Å². The molecule has 4 rings (SSSR count). The molecule has 0 aromatic heterocycles. The van der Waals surface area contributed by atoms with Crippen molar-refractivity contribution in [1.82, 2.24) is 4.90 Å². The Morgan fingerprint density at radius 2 is 1.52 bits per heavy atom. The van der Waals surface area contributed by atoms with Gasteiger partial charge in [0.25, 0.3) is 0 Å². The van der Waals surface area contributed by atoms with Gasteiger partial charge in [-0.1, -0.05) is 28.1 Å². The van der Waals surface area contributed by atoms with Gasteiger partial charge in [-0.2, -0.15) is 0 Å². The Bertz CT molecular complexity index is 832. The zero-order valence-corrected chi connectivity index (χ0v) is 16.5. The summed E-state index contributed by atoms with van der Waals surface area (Å²) < 4.78 is 0.954. The van der Waals surface area contributed by atoms with Crippen molar-refractivity contribution >= 4 is 39.2 Å². The lowest BCUT2D eigenvalue weighted by Gasteiger charge is -2.24. The van der Waals surface area contributed by atoms with Crippen LogP contribution in [0.3, 0.4) is 0 Å². The van der Waals surface area contributed by atoms with Crippen LogP contribution in [0.1, 0.15) is 37.2 Å². The third-order valence-electron chi connectivity index (χ3n) is 5.14. The molecule has 2 fully saturated rings. The summed E-state index contributed by atoms with van der Waals surface area (Å²) in [6.45, 7) is 0.588. The van der Waals surface area contributed by atoms with Gasteiger partial charge >= 0.3 is 6.03 Å². The van der Waals surface area contributed by atoms with Crippen LogP contribution < -0.4 is 10.6 Å². The standard InChI is InChI=1S/C21H22BrN3O2/c22-16-7-11-17(12-8-16)23-20(26)19-2-1-13-25(19)21(27)24-18-9-5-15(6-10-18)14-3-4-14/h5-12,14,19H,1-4,13H2,(H,23,26)(H,24,27)/t19-/m1/s1. The molecule has 6 heteroatoms. The van der Waals surface area contributed by atoms with Crippen molar-refractivity contribution in [2.75, 3.05) is 17.2 Å². The van der Waals surface area contributed by atoms with E-state index in [2.05, 4.69) is 38.7 Å². The lowest BCUT2D eigenvalue weighted by Crippen LogP contribution is -2.45. The van der Waals surface area contributed by atoms with Crippen LogP contribution in [0.5, 0.6) is 0 Å². The van der Waals surface area contributed by atoms with E-state index in [9.17, 15) is 9.59 Å². The van der Waals surface area contributed by atoms with Gasteiger partial charge in [-0.15, -0.1) is 0 Å². The molecule has 1 aliphatic heterocycles. The number of urea groups is 1. The summed E-state index contributed by atoms with van der Waals surface area (Å²) in [5, 5.41) is 5.83. The summed E-state index contributed by atoms with van der Waals surface area (Å²) >= 11 is 3.38. The normalized spacial score (nSPS) is 19.0. The maximum atomic E-state index is 12.7. The molecule has 1 aliphatic carbocycles. The lowest BCUT2D eigenvalue weighted by molar-refractivity contribution is -0.119. The van der Waals surface area contributed by atoms with Gasteiger partial charge in [0, 0.05) is 22.4 Å². The highest BCUT2D eigenvalue weighted by Gasteiger charge is 2.34. The summed E-state index contributed by atoms with van der Waals surface area (Å²) in [5.41, 5.74) is 2.83. The second-order valence-corrected chi connectivity index (χ2v) is 8.09. The molecule has 0 bridgehead atoms. The van der Waals surface area contributed by atoms with Gasteiger partial charge < -0.3 is 15.5 Å². The number of likely N-dealkylation sites (tertiary alicyclic amines) is 1. The highest BCUT2D eigenvalue weighted by atomic mass is 79.9. The first-order chi connectivity index (χ1) is 13.1. The molecular weight excluding hydrogens is 406 g/mol. The predicted molar refractivity (Wildman–Crippen MR) is 110 cm³/mol. The van der Waals surface area contributed by atoms with Crippen molar-refractivity contribution in [3.05, 3.63) is 58.6 Å². The molecule has 2 N–H and O–H groups in total. The van der Waals surface area contributed by atoms with Crippen molar-refractivity contribution in [3.63, 3.8) is 0 Å². The van der Waals surface area contributed by atoms with Crippen LogP contribution in [0.25, 0.3) is 0 Å². The van der Waals surface area contributed by atoms with E-state index in [0.29, 0.717) is 18.9 Å². The van der Waals surface area contributed by atoms with Gasteiger partial charge in [-0.05, 0) is 73.6 Å². The van der Waals surface area contributed by atoms with Crippen molar-refractivity contribution in [2.45, 2.75) is 37.6 Å². The van der Waals surface area contributed by atoms with Gasteiger partial charge in [-0.3, -0.25) is 4.79 Å². The zero-order valence-electron chi connectivity index (χ0n) is 15.0. The van der Waals surface area contributed by atoms with E-state index in [0.717, 1.165) is 22.3 Å². The molecule has 2 aromatic carbocycles. The van der Waals surface area contributed by atoms with Gasteiger partial charge in [0.15, 0.2) is 0 Å². The van der Waals surface area contributed by atoms with E-state index in [4.69, 9.17) is 0 Å². The van der Waals surface area contributed by atoms with Crippen LogP contribution in [-0.2, 0) is 4.79 Å². The number of rotatable bonds is 4. The fourth-order valence-corrected chi connectivity index (χ4v) is 3.76. The molecular formula is C21H22BrN3O2. The third-order valence-corrected chi connectivity index (χ3v) is 5.67. The molecule has 0 radical (unpaired) electrons. The average Bonchev–Trinajstić information content (AvgIpc) is 3.40. The van der Waals surface area contributed by atoms with E-state index in [1.807, 2.05) is 36.4 Å². The first-order valence-electron chi connectivity index (χ1n) is 9.34. The number of amides is 3. The number of benzene rings is 2. The van der Waals surface area contributed by atoms with Gasteiger partial charge in [0.1, 0.15) is 6.04 Å². The minimum Gasteiger partial charge on any atom is -0.324 e. The van der Waals surface area contributed by atoms with Gasteiger partial charge in [0.2, 0.25) is 5.91 Å². The monoisotopic (exact) mass is 427 g/mol. The summed E-state index contributed by atoms with van der Waals surface area (Å²) in [5.74, 6) is 0.550. The first kappa shape index (κ1) is 18.0. The van der Waals surface area contributed by atoms with E-state index >= 15 is 0 Å². The van der Waals surface area contributed by atoms with Crippen molar-refractivity contribution in [3.8, 4) is 0 Å². The number of carbonyl (C=O) groups is 2. The molecule has 1 atom stereocenters. The Morgan fingerprint density at radius 1 is 0.889 bits per heavy atom. The predicted octanol–water partition coefficient (Wildman–Crippen LogP) is 4.96. The Labute approximate surface area is 167 Å². The maximum absolute atomic E-state index is 12.7. The number of nitrogens with zero attached hydrogens (tertiary/aromatic N) is 1. The Balaban J connectivity index is 1.38. The third kappa shape index (κ3) is 4.33. The molecule has 140 valence electrons. The molecule has 0 unspecified atom stereocenters. The summed E-state index contributed by atoms with van der Waals surface area (Å²) in [6.07, 6.45) is 4.02. The van der Waals surface area contributed by atoms with Crippen LogP contribution in [-0.4, -0.2) is 29.4 Å². The molecule has 5 nitrogen and oxygen atoms in total. The fourth-order valence-electron chi connectivity index (χ4n) is 3.49. The number of halogens is 1. The largest absolute Gasteiger partial charge is 0.324 e. The second kappa shape index (κ2) is 7.72. The highest BCUT2D eigenvalue weighted by Crippen LogP contribution is 2.40.